The summed E-state index contributed by atoms with van der Waals surface area (Å²) < 4.78 is 0. The SMILES string of the molecule is CC(C)c1cccc(C2=C(N)CCC=C2)c1. The highest BCUT2D eigenvalue weighted by Crippen LogP contribution is 2.26. The van der Waals surface area contributed by atoms with Crippen molar-refractivity contribution in [1.82, 2.24) is 0 Å². The van der Waals surface area contributed by atoms with E-state index in [1.54, 1.807) is 0 Å². The number of hydrogen-bond donors (Lipinski definition) is 1. The van der Waals surface area contributed by atoms with Gasteiger partial charge in [0.25, 0.3) is 0 Å². The summed E-state index contributed by atoms with van der Waals surface area (Å²) in [5.74, 6) is 0.564. The molecule has 1 aliphatic rings. The minimum Gasteiger partial charge on any atom is -0.402 e. The molecule has 1 heteroatoms. The summed E-state index contributed by atoms with van der Waals surface area (Å²) in [5, 5.41) is 0. The maximum absolute atomic E-state index is 6.07. The third-order valence-electron chi connectivity index (χ3n) is 3.08. The highest BCUT2D eigenvalue weighted by atomic mass is 14.6. The molecule has 0 saturated heterocycles. The van der Waals surface area contributed by atoms with Crippen LogP contribution in [0.25, 0.3) is 5.57 Å². The van der Waals surface area contributed by atoms with Crippen molar-refractivity contribution in [2.45, 2.75) is 32.6 Å². The monoisotopic (exact) mass is 213 g/mol. The van der Waals surface area contributed by atoms with E-state index in [1.165, 1.54) is 16.7 Å². The predicted octanol–water partition coefficient (Wildman–Crippen LogP) is 3.83. The maximum atomic E-state index is 6.07. The van der Waals surface area contributed by atoms with E-state index in [-0.39, 0.29) is 0 Å². The first kappa shape index (κ1) is 11.0. The van der Waals surface area contributed by atoms with Crippen molar-refractivity contribution >= 4 is 5.57 Å². The van der Waals surface area contributed by atoms with E-state index in [9.17, 15) is 0 Å². The Kier molecular flexibility index (Phi) is 3.14. The second-order valence-electron chi connectivity index (χ2n) is 4.66. The van der Waals surface area contributed by atoms with Crippen LogP contribution in [0.1, 0.15) is 43.7 Å². The third-order valence-corrected chi connectivity index (χ3v) is 3.08. The van der Waals surface area contributed by atoms with Crippen molar-refractivity contribution in [3.63, 3.8) is 0 Å². The van der Waals surface area contributed by atoms with Gasteiger partial charge in [0.15, 0.2) is 0 Å². The van der Waals surface area contributed by atoms with Crippen molar-refractivity contribution in [1.29, 1.82) is 0 Å². The largest absolute Gasteiger partial charge is 0.402 e. The number of nitrogens with two attached hydrogens (primary N) is 1. The average molecular weight is 213 g/mol. The highest BCUT2D eigenvalue weighted by molar-refractivity contribution is 5.77. The standard InChI is InChI=1S/C15H19N/c1-11(2)12-6-5-7-13(10-12)14-8-3-4-9-15(14)16/h3,5-8,10-11H,4,9,16H2,1-2H3. The molecule has 2 rings (SSSR count). The van der Waals surface area contributed by atoms with Gasteiger partial charge >= 0.3 is 0 Å². The molecule has 0 unspecified atom stereocenters. The van der Waals surface area contributed by atoms with Crippen LogP contribution in [-0.4, -0.2) is 0 Å². The topological polar surface area (TPSA) is 26.0 Å². The van der Waals surface area contributed by atoms with Crippen molar-refractivity contribution in [2.75, 3.05) is 0 Å². The van der Waals surface area contributed by atoms with E-state index in [0.29, 0.717) is 5.92 Å². The average Bonchev–Trinajstić information content (AvgIpc) is 2.30. The van der Waals surface area contributed by atoms with Gasteiger partial charge in [0, 0.05) is 11.3 Å². The summed E-state index contributed by atoms with van der Waals surface area (Å²) in [6.07, 6.45) is 6.41. The molecule has 0 radical (unpaired) electrons. The van der Waals surface area contributed by atoms with Crippen LogP contribution in [0.2, 0.25) is 0 Å². The Balaban J connectivity index is 2.41. The van der Waals surface area contributed by atoms with Gasteiger partial charge < -0.3 is 5.73 Å². The molecule has 16 heavy (non-hydrogen) atoms. The molecule has 1 aromatic rings. The van der Waals surface area contributed by atoms with Crippen LogP contribution in [0.15, 0.2) is 42.1 Å². The Hall–Kier alpha value is -1.50. The van der Waals surface area contributed by atoms with Gasteiger partial charge in [0.1, 0.15) is 0 Å². The lowest BCUT2D eigenvalue weighted by Gasteiger charge is -2.14. The fourth-order valence-corrected chi connectivity index (χ4v) is 2.03. The summed E-state index contributed by atoms with van der Waals surface area (Å²) in [6, 6.07) is 8.69. The molecule has 0 atom stereocenters. The number of benzene rings is 1. The summed E-state index contributed by atoms with van der Waals surface area (Å²) >= 11 is 0. The van der Waals surface area contributed by atoms with E-state index in [4.69, 9.17) is 5.73 Å². The normalized spacial score (nSPS) is 15.9. The summed E-state index contributed by atoms with van der Waals surface area (Å²) in [7, 11) is 0. The second-order valence-corrected chi connectivity index (χ2v) is 4.66. The lowest BCUT2D eigenvalue weighted by molar-refractivity contribution is 0.865. The Morgan fingerprint density at radius 2 is 2.06 bits per heavy atom. The molecule has 1 nitrogen and oxygen atoms in total. The zero-order valence-corrected chi connectivity index (χ0v) is 10.0. The molecular weight excluding hydrogens is 194 g/mol. The van der Waals surface area contributed by atoms with Crippen LogP contribution >= 0.6 is 0 Å². The minimum absolute atomic E-state index is 0.564. The van der Waals surface area contributed by atoms with Crippen molar-refractivity contribution in [3.8, 4) is 0 Å². The molecule has 0 aliphatic heterocycles. The van der Waals surface area contributed by atoms with Gasteiger partial charge in [0.05, 0.1) is 0 Å². The van der Waals surface area contributed by atoms with Gasteiger partial charge in [-0.05, 0) is 29.9 Å². The summed E-state index contributed by atoms with van der Waals surface area (Å²) in [5.41, 5.74) is 10.9. The molecule has 0 heterocycles. The van der Waals surface area contributed by atoms with Gasteiger partial charge in [-0.3, -0.25) is 0 Å². The van der Waals surface area contributed by atoms with Crippen molar-refractivity contribution in [2.24, 2.45) is 5.73 Å². The van der Waals surface area contributed by atoms with E-state index >= 15 is 0 Å². The van der Waals surface area contributed by atoms with Gasteiger partial charge in [-0.2, -0.15) is 0 Å². The van der Waals surface area contributed by atoms with Crippen molar-refractivity contribution in [3.05, 3.63) is 53.2 Å². The van der Waals surface area contributed by atoms with Crippen LogP contribution in [-0.2, 0) is 0 Å². The number of allylic oxidation sites excluding steroid dienone is 4. The summed E-state index contributed by atoms with van der Waals surface area (Å²) in [6.45, 7) is 4.43. The maximum Gasteiger partial charge on any atom is 0.0163 e. The molecule has 0 aromatic heterocycles. The Bertz CT molecular complexity index is 439. The first-order valence-electron chi connectivity index (χ1n) is 5.94. The quantitative estimate of drug-likeness (QED) is 0.793. The zero-order chi connectivity index (χ0) is 11.5. The number of hydrogen-bond acceptors (Lipinski definition) is 1. The van der Waals surface area contributed by atoms with Crippen molar-refractivity contribution < 1.29 is 0 Å². The van der Waals surface area contributed by atoms with Crippen LogP contribution in [0.5, 0.6) is 0 Å². The molecule has 2 N–H and O–H groups in total. The molecule has 0 bridgehead atoms. The third kappa shape index (κ3) is 2.19. The van der Waals surface area contributed by atoms with E-state index in [0.717, 1.165) is 18.5 Å². The van der Waals surface area contributed by atoms with E-state index in [1.807, 2.05) is 0 Å². The van der Waals surface area contributed by atoms with Gasteiger partial charge in [-0.15, -0.1) is 0 Å². The minimum atomic E-state index is 0.564. The molecule has 0 amide bonds. The molecule has 0 saturated carbocycles. The Labute approximate surface area is 97.7 Å². The molecule has 1 aliphatic carbocycles. The van der Waals surface area contributed by atoms with E-state index < -0.39 is 0 Å². The molecule has 0 spiro atoms. The first-order valence-corrected chi connectivity index (χ1v) is 5.94. The van der Waals surface area contributed by atoms with Crippen LogP contribution in [0.3, 0.4) is 0 Å². The Morgan fingerprint density at radius 1 is 1.25 bits per heavy atom. The van der Waals surface area contributed by atoms with Crippen LogP contribution in [0.4, 0.5) is 0 Å². The highest BCUT2D eigenvalue weighted by Gasteiger charge is 2.08. The number of rotatable bonds is 2. The fourth-order valence-electron chi connectivity index (χ4n) is 2.03. The van der Waals surface area contributed by atoms with Crippen LogP contribution < -0.4 is 5.73 Å². The zero-order valence-electron chi connectivity index (χ0n) is 10.0. The summed E-state index contributed by atoms with van der Waals surface area (Å²) in [4.78, 5) is 0. The first-order chi connectivity index (χ1) is 7.68. The van der Waals surface area contributed by atoms with Gasteiger partial charge in [-0.1, -0.05) is 50.3 Å². The van der Waals surface area contributed by atoms with Gasteiger partial charge in [0.2, 0.25) is 0 Å². The van der Waals surface area contributed by atoms with Gasteiger partial charge in [-0.25, -0.2) is 0 Å². The predicted molar refractivity (Wildman–Crippen MR) is 70.0 cm³/mol. The molecule has 84 valence electrons. The second kappa shape index (κ2) is 4.56. The Morgan fingerprint density at radius 3 is 2.75 bits per heavy atom. The smallest absolute Gasteiger partial charge is 0.0163 e. The van der Waals surface area contributed by atoms with E-state index in [2.05, 4.69) is 50.3 Å². The molecule has 1 aromatic carbocycles. The molecular formula is C15H19N. The lowest BCUT2D eigenvalue weighted by atomic mass is 9.93. The lowest BCUT2D eigenvalue weighted by Crippen LogP contribution is -2.04. The fraction of sp³-hybridized carbons (Fsp3) is 0.333. The molecule has 0 fully saturated rings. The van der Waals surface area contributed by atoms with Crippen LogP contribution in [0, 0.1) is 0 Å².